The fourth-order valence-electron chi connectivity index (χ4n) is 3.23. The number of benzene rings is 2. The van der Waals surface area contributed by atoms with E-state index in [-0.39, 0.29) is 11.7 Å². The molecule has 3 N–H and O–H groups in total. The molecule has 0 radical (unpaired) electrons. The zero-order valence-corrected chi connectivity index (χ0v) is 16.1. The molecule has 27 heavy (non-hydrogen) atoms. The Morgan fingerprint density at radius 3 is 2.70 bits per heavy atom. The number of anilines is 3. The number of amides is 1. The lowest BCUT2D eigenvalue weighted by Gasteiger charge is -2.21. The largest absolute Gasteiger partial charge is 0.381 e. The second-order valence-corrected chi connectivity index (χ2v) is 7.18. The molecule has 3 rings (SSSR count). The van der Waals surface area contributed by atoms with Crippen LogP contribution in [0.2, 0.25) is 0 Å². The van der Waals surface area contributed by atoms with Gasteiger partial charge in [-0.25, -0.2) is 4.39 Å². The third-order valence-electron chi connectivity index (χ3n) is 4.42. The fraction of sp³-hybridized carbons (Fsp3) is 0.286. The number of aryl methyl sites for hydroxylation is 1. The summed E-state index contributed by atoms with van der Waals surface area (Å²) in [6, 6.07) is 10.6. The standard InChI is InChI=1S/C21H25FN4O/c1-13-9-16(6-8-19(13)24-14(2)12-26(3)4)23-11-18-17-10-15(22)5-7-20(17)25-21(18)27/h5-11,14,23-24H,12H2,1-4H3,(H,25,27)/b18-11+. The lowest BCUT2D eigenvalue weighted by Crippen LogP contribution is -2.29. The number of fused-ring (bicyclic) bond motifs is 1. The lowest BCUT2D eigenvalue weighted by molar-refractivity contribution is -0.110. The van der Waals surface area contributed by atoms with Crippen molar-refractivity contribution >= 4 is 28.5 Å². The molecule has 1 heterocycles. The van der Waals surface area contributed by atoms with Crippen LogP contribution in [-0.4, -0.2) is 37.5 Å². The minimum absolute atomic E-state index is 0.240. The molecule has 1 atom stereocenters. The molecule has 1 aliphatic rings. The van der Waals surface area contributed by atoms with Crippen molar-refractivity contribution in [2.24, 2.45) is 0 Å². The van der Waals surface area contributed by atoms with E-state index >= 15 is 0 Å². The van der Waals surface area contributed by atoms with Gasteiger partial charge in [0.05, 0.1) is 5.57 Å². The summed E-state index contributed by atoms with van der Waals surface area (Å²) in [7, 11) is 4.10. The normalized spacial score (nSPS) is 15.6. The van der Waals surface area contributed by atoms with Crippen LogP contribution in [0.3, 0.4) is 0 Å². The van der Waals surface area contributed by atoms with Gasteiger partial charge < -0.3 is 20.9 Å². The first-order chi connectivity index (χ1) is 12.8. The van der Waals surface area contributed by atoms with Crippen LogP contribution in [0.4, 0.5) is 21.5 Å². The van der Waals surface area contributed by atoms with Gasteiger partial charge in [0.2, 0.25) is 0 Å². The van der Waals surface area contributed by atoms with Crippen LogP contribution in [0.5, 0.6) is 0 Å². The average Bonchev–Trinajstić information content (AvgIpc) is 2.89. The molecule has 0 spiro atoms. The number of carbonyl (C=O) groups is 1. The Labute approximate surface area is 159 Å². The van der Waals surface area contributed by atoms with Gasteiger partial charge >= 0.3 is 0 Å². The zero-order chi connectivity index (χ0) is 19.6. The van der Waals surface area contributed by atoms with E-state index in [1.807, 2.05) is 25.1 Å². The van der Waals surface area contributed by atoms with Crippen molar-refractivity contribution in [3.63, 3.8) is 0 Å². The van der Waals surface area contributed by atoms with Crippen LogP contribution in [0, 0.1) is 12.7 Å². The number of carbonyl (C=O) groups excluding carboxylic acids is 1. The molecule has 6 heteroatoms. The van der Waals surface area contributed by atoms with Crippen LogP contribution >= 0.6 is 0 Å². The van der Waals surface area contributed by atoms with Crippen molar-refractivity contribution in [3.8, 4) is 0 Å². The van der Waals surface area contributed by atoms with Crippen LogP contribution < -0.4 is 16.0 Å². The predicted molar refractivity (Wildman–Crippen MR) is 109 cm³/mol. The number of hydrogen-bond acceptors (Lipinski definition) is 4. The number of nitrogens with zero attached hydrogens (tertiary/aromatic N) is 1. The molecule has 142 valence electrons. The zero-order valence-electron chi connectivity index (χ0n) is 16.1. The Morgan fingerprint density at radius 2 is 2.00 bits per heavy atom. The van der Waals surface area contributed by atoms with Gasteiger partial charge in [0.15, 0.2) is 0 Å². The van der Waals surface area contributed by atoms with E-state index in [0.29, 0.717) is 22.9 Å². The minimum atomic E-state index is -0.366. The van der Waals surface area contributed by atoms with Gasteiger partial charge in [-0.1, -0.05) is 0 Å². The molecule has 5 nitrogen and oxygen atoms in total. The highest BCUT2D eigenvalue weighted by atomic mass is 19.1. The van der Waals surface area contributed by atoms with Gasteiger partial charge in [0.25, 0.3) is 5.91 Å². The maximum Gasteiger partial charge on any atom is 0.257 e. The van der Waals surface area contributed by atoms with E-state index in [4.69, 9.17) is 0 Å². The molecular weight excluding hydrogens is 343 g/mol. The molecule has 2 aromatic rings. The molecule has 2 aromatic carbocycles. The molecule has 0 fully saturated rings. The van der Waals surface area contributed by atoms with Gasteiger partial charge in [0, 0.05) is 41.4 Å². The van der Waals surface area contributed by atoms with Crippen LogP contribution in [0.1, 0.15) is 18.1 Å². The van der Waals surface area contributed by atoms with E-state index in [1.54, 1.807) is 12.3 Å². The van der Waals surface area contributed by atoms with Crippen molar-refractivity contribution in [3.05, 3.63) is 59.5 Å². The predicted octanol–water partition coefficient (Wildman–Crippen LogP) is 3.90. The van der Waals surface area contributed by atoms with Gasteiger partial charge in [-0.3, -0.25) is 4.79 Å². The second-order valence-electron chi connectivity index (χ2n) is 7.18. The van der Waals surface area contributed by atoms with Gasteiger partial charge in [0.1, 0.15) is 5.82 Å². The Balaban J connectivity index is 1.74. The van der Waals surface area contributed by atoms with Crippen molar-refractivity contribution in [1.82, 2.24) is 4.90 Å². The molecule has 0 aromatic heterocycles. The molecule has 1 unspecified atom stereocenters. The van der Waals surface area contributed by atoms with E-state index in [1.165, 1.54) is 12.1 Å². The molecule has 1 aliphatic heterocycles. The van der Waals surface area contributed by atoms with E-state index in [2.05, 4.69) is 41.9 Å². The van der Waals surface area contributed by atoms with Crippen molar-refractivity contribution in [2.45, 2.75) is 19.9 Å². The van der Waals surface area contributed by atoms with E-state index in [9.17, 15) is 9.18 Å². The Hall–Kier alpha value is -2.86. The summed E-state index contributed by atoms with van der Waals surface area (Å²) in [5, 5.41) is 9.39. The number of rotatable bonds is 6. The summed E-state index contributed by atoms with van der Waals surface area (Å²) in [6.07, 6.45) is 1.62. The average molecular weight is 368 g/mol. The number of likely N-dealkylation sites (N-methyl/N-ethyl adjacent to an activating group) is 1. The fourth-order valence-corrected chi connectivity index (χ4v) is 3.23. The highest BCUT2D eigenvalue weighted by molar-refractivity contribution is 6.31. The lowest BCUT2D eigenvalue weighted by atomic mass is 10.1. The van der Waals surface area contributed by atoms with Crippen molar-refractivity contribution in [1.29, 1.82) is 0 Å². The topological polar surface area (TPSA) is 56.4 Å². The van der Waals surface area contributed by atoms with Gasteiger partial charge in [-0.15, -0.1) is 0 Å². The molecule has 0 aliphatic carbocycles. The SMILES string of the molecule is Cc1cc(N/C=C2/C(=O)Nc3ccc(F)cc32)ccc1NC(C)CN(C)C. The Bertz CT molecular complexity index is 892. The van der Waals surface area contributed by atoms with Crippen LogP contribution in [0.15, 0.2) is 42.6 Å². The summed E-state index contributed by atoms with van der Waals surface area (Å²) >= 11 is 0. The van der Waals surface area contributed by atoms with E-state index in [0.717, 1.165) is 23.5 Å². The van der Waals surface area contributed by atoms with E-state index < -0.39 is 0 Å². The summed E-state index contributed by atoms with van der Waals surface area (Å²) in [6.45, 7) is 5.12. The van der Waals surface area contributed by atoms with Crippen molar-refractivity contribution < 1.29 is 9.18 Å². The third-order valence-corrected chi connectivity index (χ3v) is 4.42. The Morgan fingerprint density at radius 1 is 1.22 bits per heavy atom. The first-order valence-electron chi connectivity index (χ1n) is 8.93. The van der Waals surface area contributed by atoms with Gasteiger partial charge in [-0.05, 0) is 69.9 Å². The van der Waals surface area contributed by atoms with Crippen LogP contribution in [0.25, 0.3) is 5.57 Å². The molecule has 0 saturated heterocycles. The first kappa shape index (κ1) is 18.9. The number of hydrogen-bond donors (Lipinski definition) is 3. The molecular formula is C21H25FN4O. The summed E-state index contributed by atoms with van der Waals surface area (Å²) in [5.41, 5.74) is 4.66. The third kappa shape index (κ3) is 4.46. The summed E-state index contributed by atoms with van der Waals surface area (Å²) in [5.74, 6) is -0.607. The maximum absolute atomic E-state index is 13.5. The molecule has 0 saturated carbocycles. The number of halogens is 1. The maximum atomic E-state index is 13.5. The molecule has 1 amide bonds. The van der Waals surface area contributed by atoms with Crippen LogP contribution in [-0.2, 0) is 4.79 Å². The monoisotopic (exact) mass is 368 g/mol. The molecule has 0 bridgehead atoms. The summed E-state index contributed by atoms with van der Waals surface area (Å²) in [4.78, 5) is 14.3. The highest BCUT2D eigenvalue weighted by Gasteiger charge is 2.24. The quantitative estimate of drug-likeness (QED) is 0.677. The first-order valence-corrected chi connectivity index (χ1v) is 8.93. The Kier molecular flexibility index (Phi) is 5.46. The summed E-state index contributed by atoms with van der Waals surface area (Å²) < 4.78 is 13.5. The number of nitrogens with one attached hydrogen (secondary N) is 3. The highest BCUT2D eigenvalue weighted by Crippen LogP contribution is 2.32. The smallest absolute Gasteiger partial charge is 0.257 e. The van der Waals surface area contributed by atoms with Gasteiger partial charge in [-0.2, -0.15) is 0 Å². The minimum Gasteiger partial charge on any atom is -0.381 e. The van der Waals surface area contributed by atoms with Crippen molar-refractivity contribution in [2.75, 3.05) is 36.6 Å². The second kappa shape index (κ2) is 7.80.